The molecule has 7 nitrogen and oxygen atoms in total. The van der Waals surface area contributed by atoms with Crippen LogP contribution in [0, 0.1) is 5.92 Å². The number of rotatable bonds is 3. The van der Waals surface area contributed by atoms with Gasteiger partial charge in [-0.15, -0.1) is 0 Å². The van der Waals surface area contributed by atoms with Crippen molar-refractivity contribution in [2.45, 2.75) is 32.7 Å². The van der Waals surface area contributed by atoms with Crippen molar-refractivity contribution in [3.8, 4) is 0 Å². The Labute approximate surface area is 156 Å². The first kappa shape index (κ1) is 17.5. The Morgan fingerprint density at radius 1 is 1.19 bits per heavy atom. The molecule has 0 radical (unpaired) electrons. The third-order valence-corrected chi connectivity index (χ3v) is 5.35. The van der Waals surface area contributed by atoms with Gasteiger partial charge in [-0.05, 0) is 31.7 Å². The predicted octanol–water partition coefficient (Wildman–Crippen LogP) is 2.33. The van der Waals surface area contributed by atoms with E-state index in [1.165, 1.54) is 10.7 Å². The van der Waals surface area contributed by atoms with Crippen LogP contribution in [0.15, 0.2) is 46.1 Å². The van der Waals surface area contributed by atoms with Gasteiger partial charge in [0.2, 0.25) is 5.95 Å². The summed E-state index contributed by atoms with van der Waals surface area (Å²) in [7, 11) is 0. The van der Waals surface area contributed by atoms with Gasteiger partial charge in [0.1, 0.15) is 0 Å². The molecule has 1 N–H and O–H groups in total. The van der Waals surface area contributed by atoms with Gasteiger partial charge in [0.05, 0.1) is 23.3 Å². The van der Waals surface area contributed by atoms with Gasteiger partial charge in [0.15, 0.2) is 0 Å². The fourth-order valence-corrected chi connectivity index (χ4v) is 3.55. The number of hydrogen-bond acceptors (Lipinski definition) is 5. The Balaban J connectivity index is 1.72. The number of H-pyrrole nitrogens is 1. The lowest BCUT2D eigenvalue weighted by Gasteiger charge is -2.31. The predicted molar refractivity (Wildman–Crippen MR) is 105 cm³/mol. The number of piperidine rings is 1. The fraction of sp³-hybridized carbons (Fsp3) is 0.400. The van der Waals surface area contributed by atoms with Crippen molar-refractivity contribution in [1.82, 2.24) is 19.7 Å². The van der Waals surface area contributed by atoms with Gasteiger partial charge in [0, 0.05) is 24.5 Å². The summed E-state index contributed by atoms with van der Waals surface area (Å²) in [6.07, 6.45) is 3.83. The van der Waals surface area contributed by atoms with E-state index in [4.69, 9.17) is 0 Å². The van der Waals surface area contributed by atoms with Crippen LogP contribution in [-0.2, 0) is 0 Å². The van der Waals surface area contributed by atoms with Crippen LogP contribution >= 0.6 is 0 Å². The van der Waals surface area contributed by atoms with E-state index < -0.39 is 6.04 Å². The summed E-state index contributed by atoms with van der Waals surface area (Å²) >= 11 is 0. The van der Waals surface area contributed by atoms with Crippen LogP contribution in [0.3, 0.4) is 0 Å². The van der Waals surface area contributed by atoms with E-state index >= 15 is 0 Å². The summed E-state index contributed by atoms with van der Waals surface area (Å²) < 4.78 is 1.40. The molecule has 7 heteroatoms. The maximum Gasteiger partial charge on any atom is 0.275 e. The second-order valence-corrected chi connectivity index (χ2v) is 7.32. The molecular formula is C20H23N5O2. The van der Waals surface area contributed by atoms with Crippen LogP contribution in [0.5, 0.6) is 0 Å². The van der Waals surface area contributed by atoms with Gasteiger partial charge in [-0.3, -0.25) is 14.6 Å². The molecule has 0 unspecified atom stereocenters. The SMILES string of the molecule is CC1CCN(c2nc([C@H](C)n3ncc4ccccc4c3=O)cc(=O)[nH]2)CC1. The van der Waals surface area contributed by atoms with E-state index in [0.717, 1.165) is 31.3 Å². The highest BCUT2D eigenvalue weighted by atomic mass is 16.1. The van der Waals surface area contributed by atoms with Crippen LogP contribution in [0.25, 0.3) is 10.8 Å². The molecule has 0 aliphatic carbocycles. The van der Waals surface area contributed by atoms with Crippen LogP contribution in [0.2, 0.25) is 0 Å². The first-order valence-corrected chi connectivity index (χ1v) is 9.35. The first-order valence-electron chi connectivity index (χ1n) is 9.35. The molecular weight excluding hydrogens is 342 g/mol. The molecule has 3 heterocycles. The summed E-state index contributed by atoms with van der Waals surface area (Å²) in [5, 5.41) is 5.71. The van der Waals surface area contributed by atoms with Gasteiger partial charge < -0.3 is 4.90 Å². The Bertz CT molecular complexity index is 1080. The van der Waals surface area contributed by atoms with Crippen molar-refractivity contribution in [1.29, 1.82) is 0 Å². The van der Waals surface area contributed by atoms with Crippen molar-refractivity contribution < 1.29 is 0 Å². The van der Waals surface area contributed by atoms with Gasteiger partial charge >= 0.3 is 0 Å². The number of nitrogens with zero attached hydrogens (tertiary/aromatic N) is 4. The molecule has 1 aromatic carbocycles. The van der Waals surface area contributed by atoms with Crippen LogP contribution in [-0.4, -0.2) is 32.8 Å². The van der Waals surface area contributed by atoms with Crippen LogP contribution < -0.4 is 16.0 Å². The third kappa shape index (κ3) is 3.37. The monoisotopic (exact) mass is 365 g/mol. The van der Waals surface area contributed by atoms with Gasteiger partial charge in [0.25, 0.3) is 11.1 Å². The number of anilines is 1. The van der Waals surface area contributed by atoms with Crippen molar-refractivity contribution in [3.05, 3.63) is 62.9 Å². The van der Waals surface area contributed by atoms with E-state index in [1.54, 1.807) is 12.3 Å². The zero-order chi connectivity index (χ0) is 19.0. The summed E-state index contributed by atoms with van der Waals surface area (Å²) in [4.78, 5) is 34.6. The first-order chi connectivity index (χ1) is 13.0. The topological polar surface area (TPSA) is 83.9 Å². The molecule has 0 bridgehead atoms. The smallest absolute Gasteiger partial charge is 0.275 e. The Morgan fingerprint density at radius 3 is 2.70 bits per heavy atom. The van der Waals surface area contributed by atoms with Crippen molar-refractivity contribution in [2.24, 2.45) is 5.92 Å². The Morgan fingerprint density at radius 2 is 1.93 bits per heavy atom. The summed E-state index contributed by atoms with van der Waals surface area (Å²) in [5.74, 6) is 1.26. The molecule has 1 aliphatic heterocycles. The second-order valence-electron chi connectivity index (χ2n) is 7.32. The quantitative estimate of drug-likeness (QED) is 0.770. The average Bonchev–Trinajstić information content (AvgIpc) is 2.68. The highest BCUT2D eigenvalue weighted by molar-refractivity contribution is 5.80. The normalized spacial score (nSPS) is 16.6. The molecule has 1 saturated heterocycles. The van der Waals surface area contributed by atoms with Gasteiger partial charge in [-0.25, -0.2) is 9.67 Å². The number of hydrogen-bond donors (Lipinski definition) is 1. The highest BCUT2D eigenvalue weighted by Crippen LogP contribution is 2.21. The molecule has 27 heavy (non-hydrogen) atoms. The molecule has 0 amide bonds. The lowest BCUT2D eigenvalue weighted by molar-refractivity contribution is 0.433. The van der Waals surface area contributed by atoms with E-state index in [1.807, 2.05) is 25.1 Å². The van der Waals surface area contributed by atoms with Gasteiger partial charge in [-0.2, -0.15) is 5.10 Å². The minimum atomic E-state index is -0.438. The zero-order valence-electron chi connectivity index (χ0n) is 15.6. The molecule has 140 valence electrons. The van der Waals surface area contributed by atoms with Crippen molar-refractivity contribution in [3.63, 3.8) is 0 Å². The maximum atomic E-state index is 12.8. The molecule has 1 atom stereocenters. The number of benzene rings is 1. The number of aromatic amines is 1. The van der Waals surface area contributed by atoms with E-state index in [-0.39, 0.29) is 11.1 Å². The highest BCUT2D eigenvalue weighted by Gasteiger charge is 2.20. The lowest BCUT2D eigenvalue weighted by Crippen LogP contribution is -2.36. The minimum Gasteiger partial charge on any atom is -0.342 e. The Kier molecular flexibility index (Phi) is 4.51. The number of fused-ring (bicyclic) bond motifs is 1. The van der Waals surface area contributed by atoms with Crippen LogP contribution in [0.4, 0.5) is 5.95 Å². The molecule has 0 saturated carbocycles. The fourth-order valence-electron chi connectivity index (χ4n) is 3.55. The molecule has 0 spiro atoms. The minimum absolute atomic E-state index is 0.184. The summed E-state index contributed by atoms with van der Waals surface area (Å²) in [5.41, 5.74) is 0.141. The molecule has 4 rings (SSSR count). The Hall–Kier alpha value is -2.96. The molecule has 2 aromatic heterocycles. The molecule has 1 fully saturated rings. The number of nitrogens with one attached hydrogen (secondary N) is 1. The standard InChI is InChI=1S/C20H23N5O2/c1-13-7-9-24(10-8-13)20-22-17(11-18(26)23-20)14(2)25-19(27)16-6-4-3-5-15(16)12-21-25/h3-6,11-14H,7-10H2,1-2H3,(H,22,23,26)/t14-/m0/s1. The van der Waals surface area contributed by atoms with Gasteiger partial charge in [-0.1, -0.05) is 25.1 Å². The summed E-state index contributed by atoms with van der Waals surface area (Å²) in [6.45, 7) is 5.82. The van der Waals surface area contributed by atoms with E-state index in [2.05, 4.69) is 26.9 Å². The van der Waals surface area contributed by atoms with Crippen molar-refractivity contribution >= 4 is 16.7 Å². The zero-order valence-corrected chi connectivity index (χ0v) is 15.6. The maximum absolute atomic E-state index is 12.8. The van der Waals surface area contributed by atoms with Crippen LogP contribution in [0.1, 0.15) is 38.4 Å². The molecule has 3 aromatic rings. The van der Waals surface area contributed by atoms with E-state index in [0.29, 0.717) is 22.9 Å². The van der Waals surface area contributed by atoms with Crippen molar-refractivity contribution in [2.75, 3.05) is 18.0 Å². The second kappa shape index (κ2) is 6.98. The molecule has 1 aliphatic rings. The summed E-state index contributed by atoms with van der Waals surface area (Å²) in [6, 6.07) is 8.37. The third-order valence-electron chi connectivity index (χ3n) is 5.35. The lowest BCUT2D eigenvalue weighted by atomic mass is 10.00. The average molecular weight is 365 g/mol. The largest absolute Gasteiger partial charge is 0.342 e. The number of aromatic nitrogens is 4. The van der Waals surface area contributed by atoms with E-state index in [9.17, 15) is 9.59 Å².